The van der Waals surface area contributed by atoms with Crippen LogP contribution in [0.5, 0.6) is 0 Å². The fraction of sp³-hybridized carbons (Fsp3) is 0.417. The normalized spacial score (nSPS) is 10.1. The summed E-state index contributed by atoms with van der Waals surface area (Å²) in [6.45, 7) is 3.34. The van der Waals surface area contributed by atoms with Gasteiger partial charge < -0.3 is 11.1 Å². The molecule has 0 spiro atoms. The Hall–Kier alpha value is -1.62. The number of benzene rings is 1. The Bertz CT molecular complexity index is 371. The lowest BCUT2D eigenvalue weighted by atomic mass is 10.2. The highest BCUT2D eigenvalue weighted by Crippen LogP contribution is 2.15. The topological polar surface area (TPSA) is 58.4 Å². The minimum Gasteiger partial charge on any atom is -0.338 e. The van der Waals surface area contributed by atoms with Gasteiger partial charge in [0.15, 0.2) is 0 Å². The third kappa shape index (κ3) is 4.03. The number of nitrogens with zero attached hydrogens (tertiary/aromatic N) is 1. The Kier molecular flexibility index (Phi) is 5.42. The van der Waals surface area contributed by atoms with Crippen LogP contribution in [-0.2, 0) is 0 Å². The number of hydrogen-bond acceptors (Lipinski definition) is 2. The first kappa shape index (κ1) is 13.4. The summed E-state index contributed by atoms with van der Waals surface area (Å²) in [6.07, 6.45) is 0.674. The van der Waals surface area contributed by atoms with Gasteiger partial charge in [0.25, 0.3) is 0 Å². The predicted octanol–water partition coefficient (Wildman–Crippen LogP) is 1.71. The fourth-order valence-electron chi connectivity index (χ4n) is 1.49. The van der Waals surface area contributed by atoms with Crippen LogP contribution in [0.3, 0.4) is 0 Å². The summed E-state index contributed by atoms with van der Waals surface area (Å²) in [5, 5.41) is 2.70. The number of anilines is 1. The fourth-order valence-corrected chi connectivity index (χ4v) is 1.49. The molecule has 0 fully saturated rings. The maximum Gasteiger partial charge on any atom is 0.321 e. The number of carbonyl (C=O) groups excluding carboxylic acids is 1. The average molecular weight is 239 g/mol. The number of amides is 2. The smallest absolute Gasteiger partial charge is 0.321 e. The summed E-state index contributed by atoms with van der Waals surface area (Å²) in [5.74, 6) is -0.357. The first-order chi connectivity index (χ1) is 8.19. The molecule has 0 radical (unpaired) electrons. The van der Waals surface area contributed by atoms with Gasteiger partial charge in [-0.15, -0.1) is 0 Å². The van der Waals surface area contributed by atoms with Gasteiger partial charge in [-0.25, -0.2) is 9.18 Å². The SMILES string of the molecule is CCNC(=O)N(CCCN)c1cccc(F)c1. The van der Waals surface area contributed by atoms with Crippen LogP contribution in [-0.4, -0.2) is 25.7 Å². The number of carbonyl (C=O) groups is 1. The molecule has 0 aromatic heterocycles. The monoisotopic (exact) mass is 239 g/mol. The van der Waals surface area contributed by atoms with Crippen molar-refractivity contribution < 1.29 is 9.18 Å². The van der Waals surface area contributed by atoms with E-state index in [1.807, 2.05) is 6.92 Å². The average Bonchev–Trinajstić information content (AvgIpc) is 2.30. The minimum atomic E-state index is -0.357. The molecule has 0 saturated heterocycles. The summed E-state index contributed by atoms with van der Waals surface area (Å²) < 4.78 is 13.1. The molecule has 1 aromatic rings. The van der Waals surface area contributed by atoms with Crippen molar-refractivity contribution in [1.82, 2.24) is 5.32 Å². The largest absolute Gasteiger partial charge is 0.338 e. The molecular formula is C12H18FN3O. The Morgan fingerprint density at radius 3 is 2.88 bits per heavy atom. The van der Waals surface area contributed by atoms with Crippen LogP contribution in [0.15, 0.2) is 24.3 Å². The van der Waals surface area contributed by atoms with Crippen molar-refractivity contribution in [1.29, 1.82) is 0 Å². The van der Waals surface area contributed by atoms with Gasteiger partial charge in [-0.1, -0.05) is 6.07 Å². The maximum absolute atomic E-state index is 13.1. The van der Waals surface area contributed by atoms with E-state index in [1.54, 1.807) is 12.1 Å². The zero-order valence-corrected chi connectivity index (χ0v) is 9.95. The summed E-state index contributed by atoms with van der Waals surface area (Å²) in [5.41, 5.74) is 5.97. The summed E-state index contributed by atoms with van der Waals surface area (Å²) >= 11 is 0. The van der Waals surface area contributed by atoms with Crippen molar-refractivity contribution in [2.45, 2.75) is 13.3 Å². The molecule has 2 amide bonds. The van der Waals surface area contributed by atoms with E-state index < -0.39 is 0 Å². The molecule has 0 atom stereocenters. The van der Waals surface area contributed by atoms with E-state index in [1.165, 1.54) is 17.0 Å². The van der Waals surface area contributed by atoms with E-state index >= 15 is 0 Å². The zero-order chi connectivity index (χ0) is 12.7. The van der Waals surface area contributed by atoms with E-state index in [0.29, 0.717) is 31.7 Å². The van der Waals surface area contributed by atoms with Gasteiger partial charge in [0, 0.05) is 18.8 Å². The van der Waals surface area contributed by atoms with Crippen LogP contribution in [0.4, 0.5) is 14.9 Å². The quantitative estimate of drug-likeness (QED) is 0.821. The standard InChI is InChI=1S/C12H18FN3O/c1-2-15-12(17)16(8-4-7-14)11-6-3-5-10(13)9-11/h3,5-6,9H,2,4,7-8,14H2,1H3,(H,15,17). The predicted molar refractivity (Wildman–Crippen MR) is 66.5 cm³/mol. The number of nitrogens with one attached hydrogen (secondary N) is 1. The van der Waals surface area contributed by atoms with Gasteiger partial charge in [-0.2, -0.15) is 0 Å². The summed E-state index contributed by atoms with van der Waals surface area (Å²) in [6, 6.07) is 5.74. The second-order valence-electron chi connectivity index (χ2n) is 3.61. The lowest BCUT2D eigenvalue weighted by Gasteiger charge is -2.22. The van der Waals surface area contributed by atoms with E-state index in [2.05, 4.69) is 5.32 Å². The van der Waals surface area contributed by atoms with E-state index in [4.69, 9.17) is 5.73 Å². The molecule has 5 heteroatoms. The number of hydrogen-bond donors (Lipinski definition) is 2. The highest BCUT2D eigenvalue weighted by atomic mass is 19.1. The van der Waals surface area contributed by atoms with Gasteiger partial charge in [0.2, 0.25) is 0 Å². The molecule has 17 heavy (non-hydrogen) atoms. The first-order valence-corrected chi connectivity index (χ1v) is 5.70. The maximum atomic E-state index is 13.1. The molecule has 4 nitrogen and oxygen atoms in total. The molecular weight excluding hydrogens is 221 g/mol. The van der Waals surface area contributed by atoms with Gasteiger partial charge in [0.05, 0.1) is 0 Å². The van der Waals surface area contributed by atoms with Crippen LogP contribution in [0.2, 0.25) is 0 Å². The second-order valence-corrected chi connectivity index (χ2v) is 3.61. The van der Waals surface area contributed by atoms with Gasteiger partial charge in [-0.05, 0) is 38.1 Å². The van der Waals surface area contributed by atoms with Gasteiger partial charge in [0.1, 0.15) is 5.82 Å². The molecule has 0 heterocycles. The molecule has 0 saturated carbocycles. The third-order valence-electron chi connectivity index (χ3n) is 2.28. The number of rotatable bonds is 5. The van der Waals surface area contributed by atoms with Gasteiger partial charge in [-0.3, -0.25) is 4.90 Å². The molecule has 3 N–H and O–H groups in total. The molecule has 0 aliphatic carbocycles. The van der Waals surface area contributed by atoms with Crippen LogP contribution in [0, 0.1) is 5.82 Å². The lowest BCUT2D eigenvalue weighted by molar-refractivity contribution is 0.246. The van der Waals surface area contributed by atoms with Crippen molar-refractivity contribution in [3.63, 3.8) is 0 Å². The van der Waals surface area contributed by atoms with Gasteiger partial charge >= 0.3 is 6.03 Å². The molecule has 0 unspecified atom stereocenters. The second kappa shape index (κ2) is 6.85. The summed E-state index contributed by atoms with van der Waals surface area (Å²) in [4.78, 5) is 13.3. The van der Waals surface area contributed by atoms with E-state index in [9.17, 15) is 9.18 Å². The van der Waals surface area contributed by atoms with Crippen molar-refractivity contribution in [3.8, 4) is 0 Å². The highest BCUT2D eigenvalue weighted by Gasteiger charge is 2.14. The Morgan fingerprint density at radius 2 is 2.29 bits per heavy atom. The van der Waals surface area contributed by atoms with Crippen molar-refractivity contribution in [2.24, 2.45) is 5.73 Å². The Balaban J connectivity index is 2.85. The number of halogens is 1. The molecule has 0 aliphatic heterocycles. The zero-order valence-electron chi connectivity index (χ0n) is 9.95. The number of nitrogens with two attached hydrogens (primary N) is 1. The van der Waals surface area contributed by atoms with Crippen LogP contribution in [0.1, 0.15) is 13.3 Å². The molecule has 1 rings (SSSR count). The summed E-state index contributed by atoms with van der Waals surface area (Å²) in [7, 11) is 0. The molecule has 94 valence electrons. The first-order valence-electron chi connectivity index (χ1n) is 5.70. The van der Waals surface area contributed by atoms with E-state index in [-0.39, 0.29) is 11.8 Å². The Morgan fingerprint density at radius 1 is 1.53 bits per heavy atom. The van der Waals surface area contributed by atoms with Crippen molar-refractivity contribution in [3.05, 3.63) is 30.1 Å². The minimum absolute atomic E-state index is 0.230. The van der Waals surface area contributed by atoms with Crippen LogP contribution >= 0.6 is 0 Å². The molecule has 0 aliphatic rings. The van der Waals surface area contributed by atoms with E-state index in [0.717, 1.165) is 0 Å². The molecule has 1 aromatic carbocycles. The lowest BCUT2D eigenvalue weighted by Crippen LogP contribution is -2.41. The van der Waals surface area contributed by atoms with Crippen molar-refractivity contribution >= 4 is 11.7 Å². The van der Waals surface area contributed by atoms with Crippen molar-refractivity contribution in [2.75, 3.05) is 24.5 Å². The third-order valence-corrected chi connectivity index (χ3v) is 2.28. The van der Waals surface area contributed by atoms with Crippen LogP contribution in [0.25, 0.3) is 0 Å². The molecule has 0 bridgehead atoms. The highest BCUT2D eigenvalue weighted by molar-refractivity contribution is 5.91. The Labute approximate surface area is 101 Å². The number of urea groups is 1. The van der Waals surface area contributed by atoms with Crippen LogP contribution < -0.4 is 16.0 Å².